The van der Waals surface area contributed by atoms with Crippen LogP contribution in [0.15, 0.2) is 27.8 Å². The van der Waals surface area contributed by atoms with E-state index in [0.29, 0.717) is 0 Å². The third-order valence-corrected chi connectivity index (χ3v) is 3.36. The number of ether oxygens (including phenoxy) is 1. The van der Waals surface area contributed by atoms with Crippen molar-refractivity contribution < 1.29 is 4.74 Å². The van der Waals surface area contributed by atoms with E-state index < -0.39 is 0 Å². The minimum Gasteiger partial charge on any atom is -0.496 e. The number of nitrogens with zero attached hydrogens (tertiary/aromatic N) is 2. The topological polar surface area (TPSA) is 34.0 Å². The van der Waals surface area contributed by atoms with E-state index in [1.54, 1.807) is 7.11 Å². The average Bonchev–Trinajstić information content (AvgIpc) is 2.13. The standard InChI is InChI=1S/C13H18N2OS/c1-13(2,3)8-10-7-9(12-14-15-17-12)5-6-11(10)16-4/h5-7,12H,8H2,1-4H3. The van der Waals surface area contributed by atoms with Gasteiger partial charge in [0, 0.05) is 11.9 Å². The van der Waals surface area contributed by atoms with Gasteiger partial charge in [-0.05, 0) is 35.1 Å². The molecule has 0 saturated carbocycles. The first-order valence-electron chi connectivity index (χ1n) is 5.72. The molecule has 0 radical (unpaired) electrons. The molecule has 0 saturated heterocycles. The lowest BCUT2D eigenvalue weighted by molar-refractivity contribution is 0.378. The van der Waals surface area contributed by atoms with E-state index in [-0.39, 0.29) is 10.8 Å². The van der Waals surface area contributed by atoms with E-state index in [9.17, 15) is 0 Å². The Hall–Kier alpha value is -1.03. The number of hydrogen-bond acceptors (Lipinski definition) is 4. The SMILES string of the molecule is COc1ccc(C2N=NS2)cc1CC(C)(C)C. The summed E-state index contributed by atoms with van der Waals surface area (Å²) in [6.07, 6.45) is 0.999. The van der Waals surface area contributed by atoms with Crippen molar-refractivity contribution in [2.24, 2.45) is 15.0 Å². The van der Waals surface area contributed by atoms with Crippen LogP contribution in [0.3, 0.4) is 0 Å². The summed E-state index contributed by atoms with van der Waals surface area (Å²) in [6, 6.07) is 6.30. The zero-order chi connectivity index (χ0) is 12.5. The van der Waals surface area contributed by atoms with Crippen LogP contribution < -0.4 is 4.74 Å². The molecule has 0 aliphatic carbocycles. The maximum absolute atomic E-state index is 5.42. The lowest BCUT2D eigenvalue weighted by atomic mass is 9.87. The summed E-state index contributed by atoms with van der Waals surface area (Å²) in [5, 5.41) is 4.26. The molecule has 1 atom stereocenters. The van der Waals surface area contributed by atoms with Gasteiger partial charge in [0.1, 0.15) is 5.75 Å². The van der Waals surface area contributed by atoms with E-state index in [4.69, 9.17) is 4.74 Å². The fourth-order valence-electron chi connectivity index (χ4n) is 1.88. The maximum atomic E-state index is 5.42. The molecule has 0 bridgehead atoms. The van der Waals surface area contributed by atoms with Crippen molar-refractivity contribution in [3.8, 4) is 5.75 Å². The van der Waals surface area contributed by atoms with Gasteiger partial charge in [-0.25, -0.2) is 0 Å². The first-order valence-corrected chi connectivity index (χ1v) is 6.56. The highest BCUT2D eigenvalue weighted by Crippen LogP contribution is 2.41. The summed E-state index contributed by atoms with van der Waals surface area (Å²) >= 11 is 1.52. The van der Waals surface area contributed by atoms with E-state index in [1.165, 1.54) is 23.1 Å². The average molecular weight is 250 g/mol. The van der Waals surface area contributed by atoms with Crippen LogP contribution in [0.1, 0.15) is 37.3 Å². The molecular weight excluding hydrogens is 232 g/mol. The number of rotatable bonds is 3. The fourth-order valence-corrected chi connectivity index (χ4v) is 2.34. The molecule has 0 fully saturated rings. The molecule has 2 rings (SSSR count). The monoisotopic (exact) mass is 250 g/mol. The molecule has 0 N–H and O–H groups in total. The van der Waals surface area contributed by atoms with Crippen LogP contribution in [0.2, 0.25) is 0 Å². The van der Waals surface area contributed by atoms with Gasteiger partial charge in [-0.15, -0.1) is 4.52 Å². The summed E-state index contributed by atoms with van der Waals surface area (Å²) in [7, 11) is 1.72. The van der Waals surface area contributed by atoms with Crippen LogP contribution in [-0.2, 0) is 6.42 Å². The lowest BCUT2D eigenvalue weighted by Gasteiger charge is -2.22. The molecule has 1 aliphatic heterocycles. The van der Waals surface area contributed by atoms with Crippen molar-refractivity contribution in [2.45, 2.75) is 32.6 Å². The zero-order valence-electron chi connectivity index (χ0n) is 10.7. The van der Waals surface area contributed by atoms with Gasteiger partial charge in [0.2, 0.25) is 0 Å². The first-order chi connectivity index (χ1) is 7.99. The molecule has 0 amide bonds. The molecule has 1 heterocycles. The Morgan fingerprint density at radius 2 is 2.06 bits per heavy atom. The van der Waals surface area contributed by atoms with Crippen molar-refractivity contribution in [3.63, 3.8) is 0 Å². The summed E-state index contributed by atoms with van der Waals surface area (Å²) in [5.74, 6) is 0.963. The maximum Gasteiger partial charge on any atom is 0.165 e. The Balaban J connectivity index is 2.29. The van der Waals surface area contributed by atoms with Crippen LogP contribution >= 0.6 is 11.9 Å². The highest BCUT2D eigenvalue weighted by Gasteiger charge is 2.21. The minimum atomic E-state index is 0.180. The molecule has 1 aromatic carbocycles. The quantitative estimate of drug-likeness (QED) is 0.745. The third-order valence-electron chi connectivity index (χ3n) is 2.61. The fraction of sp³-hybridized carbons (Fsp3) is 0.538. The normalized spacial score (nSPS) is 18.9. The number of methoxy groups -OCH3 is 1. The lowest BCUT2D eigenvalue weighted by Crippen LogP contribution is -2.11. The first kappa shape index (κ1) is 12.4. The highest BCUT2D eigenvalue weighted by atomic mass is 32.2. The van der Waals surface area contributed by atoms with Gasteiger partial charge in [0.05, 0.1) is 7.11 Å². The molecule has 1 aliphatic rings. The third kappa shape index (κ3) is 3.00. The van der Waals surface area contributed by atoms with Crippen LogP contribution in [0, 0.1) is 5.41 Å². The highest BCUT2D eigenvalue weighted by molar-refractivity contribution is 7.98. The van der Waals surface area contributed by atoms with Crippen LogP contribution in [0.5, 0.6) is 5.75 Å². The van der Waals surface area contributed by atoms with Gasteiger partial charge in [-0.1, -0.05) is 26.8 Å². The van der Waals surface area contributed by atoms with Gasteiger partial charge < -0.3 is 4.74 Å². The van der Waals surface area contributed by atoms with Gasteiger partial charge in [0.25, 0.3) is 0 Å². The van der Waals surface area contributed by atoms with Gasteiger partial charge in [-0.3, -0.25) is 0 Å². The second-order valence-electron chi connectivity index (χ2n) is 5.46. The molecule has 4 heteroatoms. The van der Waals surface area contributed by atoms with Gasteiger partial charge in [-0.2, -0.15) is 5.11 Å². The summed E-state index contributed by atoms with van der Waals surface area (Å²) in [6.45, 7) is 6.70. The molecule has 1 unspecified atom stereocenters. The van der Waals surface area contributed by atoms with Crippen molar-refractivity contribution in [2.75, 3.05) is 7.11 Å². The van der Waals surface area contributed by atoms with Crippen LogP contribution in [0.25, 0.3) is 0 Å². The number of benzene rings is 1. The summed E-state index contributed by atoms with van der Waals surface area (Å²) in [5.41, 5.74) is 2.71. The summed E-state index contributed by atoms with van der Waals surface area (Å²) < 4.78 is 9.25. The molecule has 3 nitrogen and oxygen atoms in total. The Morgan fingerprint density at radius 3 is 2.53 bits per heavy atom. The Bertz CT molecular complexity index is 438. The predicted molar refractivity (Wildman–Crippen MR) is 71.3 cm³/mol. The molecule has 92 valence electrons. The second kappa shape index (κ2) is 4.69. The largest absolute Gasteiger partial charge is 0.496 e. The Morgan fingerprint density at radius 1 is 1.35 bits per heavy atom. The van der Waals surface area contributed by atoms with Crippen molar-refractivity contribution >= 4 is 11.9 Å². The van der Waals surface area contributed by atoms with E-state index in [1.807, 2.05) is 6.07 Å². The Labute approximate surface area is 107 Å². The van der Waals surface area contributed by atoms with Gasteiger partial charge in [0.15, 0.2) is 5.37 Å². The zero-order valence-corrected chi connectivity index (χ0v) is 11.5. The Kier molecular flexibility index (Phi) is 3.43. The predicted octanol–water partition coefficient (Wildman–Crippen LogP) is 4.40. The van der Waals surface area contributed by atoms with Crippen molar-refractivity contribution in [1.29, 1.82) is 0 Å². The molecule has 0 aromatic heterocycles. The second-order valence-corrected chi connectivity index (χ2v) is 6.28. The van der Waals surface area contributed by atoms with Crippen molar-refractivity contribution in [3.05, 3.63) is 29.3 Å². The molecule has 0 spiro atoms. The molecule has 1 aromatic rings. The van der Waals surface area contributed by atoms with E-state index in [0.717, 1.165) is 12.2 Å². The van der Waals surface area contributed by atoms with Gasteiger partial charge >= 0.3 is 0 Å². The van der Waals surface area contributed by atoms with E-state index in [2.05, 4.69) is 42.5 Å². The number of hydrogen-bond donors (Lipinski definition) is 0. The molecular formula is C13H18N2OS. The summed E-state index contributed by atoms with van der Waals surface area (Å²) in [4.78, 5) is 0. The van der Waals surface area contributed by atoms with Crippen LogP contribution in [0.4, 0.5) is 0 Å². The van der Waals surface area contributed by atoms with E-state index >= 15 is 0 Å². The smallest absolute Gasteiger partial charge is 0.165 e. The minimum absolute atomic E-state index is 0.180. The van der Waals surface area contributed by atoms with Crippen LogP contribution in [-0.4, -0.2) is 7.11 Å². The van der Waals surface area contributed by atoms with Crippen molar-refractivity contribution in [1.82, 2.24) is 0 Å². The molecule has 17 heavy (non-hydrogen) atoms.